The van der Waals surface area contributed by atoms with E-state index in [1.54, 1.807) is 12.1 Å². The summed E-state index contributed by atoms with van der Waals surface area (Å²) in [6.45, 7) is 0. The number of carbonyl (C=O) groups is 2. The zero-order chi connectivity index (χ0) is 16.8. The van der Waals surface area contributed by atoms with Crippen LogP contribution in [0.15, 0.2) is 48.5 Å². The molecule has 2 rings (SSSR count). The van der Waals surface area contributed by atoms with Crippen LogP contribution in [0.5, 0.6) is 0 Å². The molecule has 0 fully saturated rings. The van der Waals surface area contributed by atoms with Gasteiger partial charge in [0.2, 0.25) is 0 Å². The molecule has 0 aliphatic carbocycles. The van der Waals surface area contributed by atoms with Crippen LogP contribution in [0.3, 0.4) is 0 Å². The van der Waals surface area contributed by atoms with Crippen molar-refractivity contribution in [3.05, 3.63) is 65.5 Å². The summed E-state index contributed by atoms with van der Waals surface area (Å²) in [4.78, 5) is 23.4. The number of thiocarbonyl (C=S) groups is 1. The molecule has 0 atom stereocenters. The van der Waals surface area contributed by atoms with E-state index in [1.807, 2.05) is 0 Å². The molecule has 2 aromatic carbocycles. The number of methoxy groups -OCH3 is 1. The first-order valence-corrected chi connectivity index (χ1v) is 6.97. The predicted molar refractivity (Wildman–Crippen MR) is 87.9 cm³/mol. The highest BCUT2D eigenvalue weighted by molar-refractivity contribution is 7.80. The molecular formula is C16H13FN2O3S. The molecule has 2 N–H and O–H groups in total. The quantitative estimate of drug-likeness (QED) is 0.668. The van der Waals surface area contributed by atoms with Gasteiger partial charge in [0.05, 0.1) is 18.4 Å². The van der Waals surface area contributed by atoms with Crippen LogP contribution in [0.1, 0.15) is 20.7 Å². The second-order valence-electron chi connectivity index (χ2n) is 4.46. The van der Waals surface area contributed by atoms with E-state index >= 15 is 0 Å². The molecule has 2 aromatic rings. The summed E-state index contributed by atoms with van der Waals surface area (Å²) in [7, 11) is 1.27. The Balaban J connectivity index is 2.00. The summed E-state index contributed by atoms with van der Waals surface area (Å²) in [6.07, 6.45) is 0. The molecule has 0 unspecified atom stereocenters. The van der Waals surface area contributed by atoms with E-state index in [1.165, 1.54) is 43.5 Å². The highest BCUT2D eigenvalue weighted by Crippen LogP contribution is 2.12. The maximum Gasteiger partial charge on any atom is 0.337 e. The molecule has 0 radical (unpaired) electrons. The fourth-order valence-electron chi connectivity index (χ4n) is 1.77. The number of benzene rings is 2. The number of nitrogens with one attached hydrogen (secondary N) is 2. The molecule has 5 nitrogen and oxygen atoms in total. The summed E-state index contributed by atoms with van der Waals surface area (Å²) in [5.74, 6) is -1.45. The van der Waals surface area contributed by atoms with Gasteiger partial charge in [-0.25, -0.2) is 9.18 Å². The zero-order valence-corrected chi connectivity index (χ0v) is 12.9. The van der Waals surface area contributed by atoms with E-state index in [0.29, 0.717) is 11.1 Å². The van der Waals surface area contributed by atoms with Gasteiger partial charge < -0.3 is 10.1 Å². The molecule has 0 saturated carbocycles. The van der Waals surface area contributed by atoms with E-state index in [2.05, 4.69) is 15.4 Å². The van der Waals surface area contributed by atoms with E-state index < -0.39 is 17.7 Å². The van der Waals surface area contributed by atoms with Crippen molar-refractivity contribution in [1.82, 2.24) is 5.32 Å². The van der Waals surface area contributed by atoms with Crippen molar-refractivity contribution < 1.29 is 18.7 Å². The van der Waals surface area contributed by atoms with Crippen LogP contribution >= 0.6 is 12.2 Å². The Morgan fingerprint density at radius 1 is 1.04 bits per heavy atom. The van der Waals surface area contributed by atoms with Gasteiger partial charge in [-0.05, 0) is 48.6 Å². The Kier molecular flexibility index (Phi) is 5.37. The number of para-hydroxylation sites is 1. The molecule has 0 bridgehead atoms. The van der Waals surface area contributed by atoms with Gasteiger partial charge in [-0.15, -0.1) is 0 Å². The lowest BCUT2D eigenvalue weighted by Crippen LogP contribution is -2.34. The second kappa shape index (κ2) is 7.46. The van der Waals surface area contributed by atoms with Crippen LogP contribution in [0.25, 0.3) is 0 Å². The van der Waals surface area contributed by atoms with Crippen molar-refractivity contribution >= 4 is 34.9 Å². The monoisotopic (exact) mass is 332 g/mol. The van der Waals surface area contributed by atoms with Crippen molar-refractivity contribution in [3.63, 3.8) is 0 Å². The maximum atomic E-state index is 13.5. The number of ether oxygens (including phenoxy) is 1. The normalized spacial score (nSPS) is 9.83. The minimum atomic E-state index is -0.492. The highest BCUT2D eigenvalue weighted by Gasteiger charge is 2.11. The van der Waals surface area contributed by atoms with Gasteiger partial charge in [-0.3, -0.25) is 10.1 Å². The molecule has 0 spiro atoms. The van der Waals surface area contributed by atoms with Crippen molar-refractivity contribution in [2.24, 2.45) is 0 Å². The molecule has 1 amide bonds. The third-order valence-electron chi connectivity index (χ3n) is 2.92. The van der Waals surface area contributed by atoms with E-state index in [-0.39, 0.29) is 10.8 Å². The van der Waals surface area contributed by atoms with Crippen molar-refractivity contribution in [2.75, 3.05) is 12.4 Å². The number of amides is 1. The van der Waals surface area contributed by atoms with Gasteiger partial charge in [-0.1, -0.05) is 12.1 Å². The maximum absolute atomic E-state index is 13.5. The number of hydrogen-bond donors (Lipinski definition) is 2. The first-order chi connectivity index (χ1) is 11.0. The van der Waals surface area contributed by atoms with Crippen LogP contribution in [-0.2, 0) is 4.74 Å². The fourth-order valence-corrected chi connectivity index (χ4v) is 1.97. The smallest absolute Gasteiger partial charge is 0.337 e. The van der Waals surface area contributed by atoms with E-state index in [9.17, 15) is 14.0 Å². The summed E-state index contributed by atoms with van der Waals surface area (Å²) in [5.41, 5.74) is 0.797. The van der Waals surface area contributed by atoms with Crippen LogP contribution in [0.2, 0.25) is 0 Å². The molecule has 0 saturated heterocycles. The SMILES string of the molecule is COC(=O)c1ccc(C(=O)NC(=S)Nc2ccccc2F)cc1. The van der Waals surface area contributed by atoms with E-state index in [0.717, 1.165) is 0 Å². The topological polar surface area (TPSA) is 67.4 Å². The average Bonchev–Trinajstić information content (AvgIpc) is 2.56. The summed E-state index contributed by atoms with van der Waals surface area (Å²) in [5, 5.41) is 5.00. The molecular weight excluding hydrogens is 319 g/mol. The number of anilines is 1. The van der Waals surface area contributed by atoms with Crippen LogP contribution < -0.4 is 10.6 Å². The summed E-state index contributed by atoms with van der Waals surface area (Å²) in [6, 6.07) is 11.8. The third kappa shape index (κ3) is 4.33. The minimum absolute atomic E-state index is 0.0304. The number of halogens is 1. The zero-order valence-electron chi connectivity index (χ0n) is 12.1. The first kappa shape index (κ1) is 16.6. The second-order valence-corrected chi connectivity index (χ2v) is 4.87. The Hall–Kier alpha value is -2.80. The van der Waals surface area contributed by atoms with Gasteiger partial charge in [0, 0.05) is 5.56 Å². The van der Waals surface area contributed by atoms with Gasteiger partial charge in [0.25, 0.3) is 5.91 Å². The van der Waals surface area contributed by atoms with Gasteiger partial charge in [0.15, 0.2) is 5.11 Å². The number of hydrogen-bond acceptors (Lipinski definition) is 4. The molecule has 0 aliphatic rings. The Morgan fingerprint density at radius 3 is 2.26 bits per heavy atom. The average molecular weight is 332 g/mol. The van der Waals surface area contributed by atoms with Gasteiger partial charge in [0.1, 0.15) is 5.82 Å². The molecule has 0 aliphatic heterocycles. The predicted octanol–water partition coefficient (Wildman–Crippen LogP) is 2.74. The third-order valence-corrected chi connectivity index (χ3v) is 3.12. The molecule has 0 heterocycles. The van der Waals surface area contributed by atoms with Crippen LogP contribution in [0.4, 0.5) is 10.1 Å². The lowest BCUT2D eigenvalue weighted by molar-refractivity contribution is 0.0600. The minimum Gasteiger partial charge on any atom is -0.465 e. The fraction of sp³-hybridized carbons (Fsp3) is 0.0625. The van der Waals surface area contributed by atoms with Crippen molar-refractivity contribution in [3.8, 4) is 0 Å². The van der Waals surface area contributed by atoms with Crippen LogP contribution in [0, 0.1) is 5.82 Å². The van der Waals surface area contributed by atoms with Crippen molar-refractivity contribution in [1.29, 1.82) is 0 Å². The molecule has 7 heteroatoms. The van der Waals surface area contributed by atoms with Gasteiger partial charge >= 0.3 is 5.97 Å². The Morgan fingerprint density at radius 2 is 1.65 bits per heavy atom. The summed E-state index contributed by atoms with van der Waals surface area (Å²) >= 11 is 4.97. The molecule has 118 valence electrons. The van der Waals surface area contributed by atoms with Crippen LogP contribution in [-0.4, -0.2) is 24.1 Å². The highest BCUT2D eigenvalue weighted by atomic mass is 32.1. The lowest BCUT2D eigenvalue weighted by Gasteiger charge is -2.10. The number of rotatable bonds is 3. The van der Waals surface area contributed by atoms with Crippen molar-refractivity contribution in [2.45, 2.75) is 0 Å². The largest absolute Gasteiger partial charge is 0.465 e. The van der Waals surface area contributed by atoms with E-state index in [4.69, 9.17) is 12.2 Å². The summed E-state index contributed by atoms with van der Waals surface area (Å²) < 4.78 is 18.1. The standard InChI is InChI=1S/C16H13FN2O3S/c1-22-15(21)11-8-6-10(7-9-11)14(20)19-16(23)18-13-5-3-2-4-12(13)17/h2-9H,1H3,(H2,18,19,20,23). The molecule has 23 heavy (non-hydrogen) atoms. The number of esters is 1. The Labute approximate surface area is 137 Å². The Bertz CT molecular complexity index is 747. The first-order valence-electron chi connectivity index (χ1n) is 6.56. The number of carbonyl (C=O) groups excluding carboxylic acids is 2. The lowest BCUT2D eigenvalue weighted by atomic mass is 10.1. The van der Waals surface area contributed by atoms with Gasteiger partial charge in [-0.2, -0.15) is 0 Å². The molecule has 0 aromatic heterocycles.